The third-order valence-electron chi connectivity index (χ3n) is 4.43. The summed E-state index contributed by atoms with van der Waals surface area (Å²) in [6, 6.07) is 0. The molecule has 1 heterocycles. The molecule has 1 aliphatic heterocycles. The maximum atomic E-state index is 9.71. The Balaban J connectivity index is 2.31. The predicted molar refractivity (Wildman–Crippen MR) is 71.1 cm³/mol. The van der Waals surface area contributed by atoms with E-state index < -0.39 is 0 Å². The molecule has 0 spiro atoms. The summed E-state index contributed by atoms with van der Waals surface area (Å²) in [6.07, 6.45) is 3.45. The molecule has 1 saturated heterocycles. The Morgan fingerprint density at radius 3 is 2.41 bits per heavy atom. The maximum Gasteiger partial charge on any atom is 0.0900 e. The Hall–Kier alpha value is -0.120. The minimum atomic E-state index is -0.337. The fourth-order valence-corrected chi connectivity index (χ4v) is 2.73. The second-order valence-corrected chi connectivity index (χ2v) is 6.03. The fraction of sp³-hybridized carbons (Fsp3) is 1.00. The van der Waals surface area contributed by atoms with Crippen LogP contribution < -0.4 is 0 Å². The van der Waals surface area contributed by atoms with Crippen molar-refractivity contribution in [3.8, 4) is 0 Å². The van der Waals surface area contributed by atoms with E-state index in [0.29, 0.717) is 12.0 Å². The van der Waals surface area contributed by atoms with E-state index in [9.17, 15) is 5.11 Å². The number of piperidine rings is 1. The van der Waals surface area contributed by atoms with Crippen molar-refractivity contribution in [2.45, 2.75) is 46.1 Å². The second kappa shape index (κ2) is 6.72. The Labute approximate surface area is 106 Å². The molecule has 0 aromatic rings. The first-order valence-electron chi connectivity index (χ1n) is 6.89. The highest BCUT2D eigenvalue weighted by atomic mass is 16.5. The Morgan fingerprint density at radius 1 is 1.35 bits per heavy atom. The van der Waals surface area contributed by atoms with Crippen LogP contribution in [0.1, 0.15) is 40.0 Å². The van der Waals surface area contributed by atoms with Crippen molar-refractivity contribution in [1.29, 1.82) is 0 Å². The maximum absolute atomic E-state index is 9.71. The summed E-state index contributed by atoms with van der Waals surface area (Å²) >= 11 is 0. The molecular formula is C14H29NO2. The quantitative estimate of drug-likeness (QED) is 0.776. The summed E-state index contributed by atoms with van der Waals surface area (Å²) in [4.78, 5) is 2.37. The lowest BCUT2D eigenvalue weighted by molar-refractivity contribution is 0.0196. The van der Waals surface area contributed by atoms with Crippen LogP contribution in [0.5, 0.6) is 0 Å². The molecule has 0 aliphatic carbocycles. The number of hydrogen-bond donors (Lipinski definition) is 1. The number of ether oxygens (including phenoxy) is 1. The molecule has 0 radical (unpaired) electrons. The van der Waals surface area contributed by atoms with Crippen LogP contribution >= 0.6 is 0 Å². The Bertz CT molecular complexity index is 210. The SMILES string of the molecule is CCC(C)(C)C1CCN(CC(O)COC)CC1. The third kappa shape index (κ3) is 4.57. The van der Waals surface area contributed by atoms with E-state index in [1.165, 1.54) is 19.3 Å². The van der Waals surface area contributed by atoms with Crippen LogP contribution in [-0.2, 0) is 4.74 Å². The largest absolute Gasteiger partial charge is 0.389 e. The lowest BCUT2D eigenvalue weighted by atomic mass is 9.72. The summed E-state index contributed by atoms with van der Waals surface area (Å²) in [7, 11) is 1.64. The van der Waals surface area contributed by atoms with Gasteiger partial charge in [0.25, 0.3) is 0 Å². The molecule has 1 aliphatic rings. The van der Waals surface area contributed by atoms with Gasteiger partial charge in [-0.25, -0.2) is 0 Å². The zero-order chi connectivity index (χ0) is 12.9. The minimum absolute atomic E-state index is 0.337. The van der Waals surface area contributed by atoms with Gasteiger partial charge in [-0.15, -0.1) is 0 Å². The van der Waals surface area contributed by atoms with Gasteiger partial charge in [0.15, 0.2) is 0 Å². The van der Waals surface area contributed by atoms with E-state index in [-0.39, 0.29) is 6.10 Å². The molecule has 1 unspecified atom stereocenters. The molecule has 0 aromatic heterocycles. The summed E-state index contributed by atoms with van der Waals surface area (Å²) in [6.45, 7) is 10.5. The van der Waals surface area contributed by atoms with Gasteiger partial charge >= 0.3 is 0 Å². The number of β-amino-alcohol motifs (C(OH)–C–C–N with tert-alkyl or cyclic N) is 1. The van der Waals surface area contributed by atoms with Crippen molar-refractivity contribution < 1.29 is 9.84 Å². The van der Waals surface area contributed by atoms with Crippen molar-refractivity contribution in [2.75, 3.05) is 33.4 Å². The molecule has 3 nitrogen and oxygen atoms in total. The zero-order valence-electron chi connectivity index (χ0n) is 11.9. The predicted octanol–water partition coefficient (Wildman–Crippen LogP) is 2.14. The van der Waals surface area contributed by atoms with Crippen LogP contribution in [0, 0.1) is 11.3 Å². The van der Waals surface area contributed by atoms with E-state index in [4.69, 9.17) is 4.74 Å². The summed E-state index contributed by atoms with van der Waals surface area (Å²) < 4.78 is 4.96. The number of methoxy groups -OCH3 is 1. The van der Waals surface area contributed by atoms with Crippen LogP contribution in [-0.4, -0.2) is 49.5 Å². The van der Waals surface area contributed by atoms with Crippen molar-refractivity contribution in [3.05, 3.63) is 0 Å². The molecule has 102 valence electrons. The van der Waals surface area contributed by atoms with Gasteiger partial charge in [0, 0.05) is 13.7 Å². The molecule has 0 bridgehead atoms. The highest BCUT2D eigenvalue weighted by molar-refractivity contribution is 4.83. The summed E-state index contributed by atoms with van der Waals surface area (Å²) in [5.41, 5.74) is 0.469. The lowest BCUT2D eigenvalue weighted by Gasteiger charge is -2.40. The highest BCUT2D eigenvalue weighted by Crippen LogP contribution is 2.37. The molecule has 17 heavy (non-hydrogen) atoms. The molecule has 3 heteroatoms. The normalized spacial score (nSPS) is 21.7. The van der Waals surface area contributed by atoms with Gasteiger partial charge in [-0.3, -0.25) is 0 Å². The van der Waals surface area contributed by atoms with E-state index in [2.05, 4.69) is 25.7 Å². The first kappa shape index (κ1) is 14.9. The average molecular weight is 243 g/mol. The molecule has 1 N–H and O–H groups in total. The second-order valence-electron chi connectivity index (χ2n) is 6.03. The monoisotopic (exact) mass is 243 g/mol. The first-order valence-corrected chi connectivity index (χ1v) is 6.89. The zero-order valence-corrected chi connectivity index (χ0v) is 11.9. The number of hydrogen-bond acceptors (Lipinski definition) is 3. The average Bonchev–Trinajstić information content (AvgIpc) is 2.30. The smallest absolute Gasteiger partial charge is 0.0900 e. The van der Waals surface area contributed by atoms with Gasteiger partial charge in [-0.2, -0.15) is 0 Å². The van der Waals surface area contributed by atoms with Crippen LogP contribution in [0.3, 0.4) is 0 Å². The number of nitrogens with zero attached hydrogens (tertiary/aromatic N) is 1. The van der Waals surface area contributed by atoms with Gasteiger partial charge in [-0.05, 0) is 37.3 Å². The van der Waals surface area contributed by atoms with Crippen LogP contribution in [0.2, 0.25) is 0 Å². The van der Waals surface area contributed by atoms with Gasteiger partial charge in [-0.1, -0.05) is 27.2 Å². The van der Waals surface area contributed by atoms with Gasteiger partial charge in [0.1, 0.15) is 0 Å². The van der Waals surface area contributed by atoms with Crippen molar-refractivity contribution in [3.63, 3.8) is 0 Å². The van der Waals surface area contributed by atoms with Gasteiger partial charge in [0.05, 0.1) is 12.7 Å². The number of rotatable bonds is 6. The number of likely N-dealkylation sites (tertiary alicyclic amines) is 1. The van der Waals surface area contributed by atoms with Crippen LogP contribution in [0.25, 0.3) is 0 Å². The van der Waals surface area contributed by atoms with Gasteiger partial charge in [0.2, 0.25) is 0 Å². The number of aliphatic hydroxyl groups excluding tert-OH is 1. The highest BCUT2D eigenvalue weighted by Gasteiger charge is 2.31. The standard InChI is InChI=1S/C14H29NO2/c1-5-14(2,3)12-6-8-15(9-7-12)10-13(16)11-17-4/h12-13,16H,5-11H2,1-4H3. The lowest BCUT2D eigenvalue weighted by Crippen LogP contribution is -2.42. The Morgan fingerprint density at radius 2 is 1.94 bits per heavy atom. The van der Waals surface area contributed by atoms with Crippen LogP contribution in [0.4, 0.5) is 0 Å². The van der Waals surface area contributed by atoms with Crippen LogP contribution in [0.15, 0.2) is 0 Å². The first-order chi connectivity index (χ1) is 7.99. The van der Waals surface area contributed by atoms with Crippen molar-refractivity contribution in [1.82, 2.24) is 4.90 Å². The third-order valence-corrected chi connectivity index (χ3v) is 4.43. The number of aliphatic hydroxyl groups is 1. The summed E-state index contributed by atoms with van der Waals surface area (Å²) in [5, 5.41) is 9.71. The van der Waals surface area contributed by atoms with E-state index in [0.717, 1.165) is 25.6 Å². The van der Waals surface area contributed by atoms with E-state index in [1.54, 1.807) is 7.11 Å². The van der Waals surface area contributed by atoms with Gasteiger partial charge < -0.3 is 14.7 Å². The minimum Gasteiger partial charge on any atom is -0.389 e. The molecule has 1 atom stereocenters. The fourth-order valence-electron chi connectivity index (χ4n) is 2.73. The summed E-state index contributed by atoms with van der Waals surface area (Å²) in [5.74, 6) is 0.836. The van der Waals surface area contributed by atoms with E-state index >= 15 is 0 Å². The van der Waals surface area contributed by atoms with Crippen molar-refractivity contribution in [2.24, 2.45) is 11.3 Å². The molecule has 0 amide bonds. The molecule has 0 aromatic carbocycles. The molecule has 1 fully saturated rings. The topological polar surface area (TPSA) is 32.7 Å². The molecule has 0 saturated carbocycles. The van der Waals surface area contributed by atoms with E-state index in [1.807, 2.05) is 0 Å². The molecular weight excluding hydrogens is 214 g/mol. The molecule has 1 rings (SSSR count). The van der Waals surface area contributed by atoms with Crippen molar-refractivity contribution >= 4 is 0 Å². The Kier molecular flexibility index (Phi) is 5.90.